The number of likely N-dealkylation sites (tertiary alicyclic amines) is 1. The number of carbonyl (C=O) groups is 1. The van der Waals surface area contributed by atoms with E-state index in [9.17, 15) is 4.79 Å². The lowest BCUT2D eigenvalue weighted by molar-refractivity contribution is -0.133. The molecule has 1 aliphatic rings. The van der Waals surface area contributed by atoms with Crippen LogP contribution in [0, 0.1) is 0 Å². The minimum absolute atomic E-state index is 0. The summed E-state index contributed by atoms with van der Waals surface area (Å²) in [5.41, 5.74) is 1.02. The second kappa shape index (κ2) is 14.7. The topological polar surface area (TPSA) is 86.0 Å². The Morgan fingerprint density at radius 1 is 1.32 bits per heavy atom. The van der Waals surface area contributed by atoms with Crippen LogP contribution >= 0.6 is 24.0 Å². The molecule has 9 heteroatoms. The average Bonchev–Trinajstić information content (AvgIpc) is 3.39. The first kappa shape index (κ1) is 27.7. The Morgan fingerprint density at radius 3 is 2.71 bits per heavy atom. The molecule has 0 radical (unpaired) electrons. The molecule has 1 saturated heterocycles. The van der Waals surface area contributed by atoms with Crippen LogP contribution in [0.15, 0.2) is 15.6 Å². The van der Waals surface area contributed by atoms with Crippen molar-refractivity contribution in [2.45, 2.75) is 71.4 Å². The van der Waals surface area contributed by atoms with E-state index < -0.39 is 0 Å². The molecule has 1 aliphatic heterocycles. The van der Waals surface area contributed by atoms with E-state index in [0.717, 1.165) is 75.7 Å². The molecule has 31 heavy (non-hydrogen) atoms. The number of nitrogens with zero attached hydrogens (tertiary/aromatic N) is 4. The van der Waals surface area contributed by atoms with Gasteiger partial charge in [0.25, 0.3) is 0 Å². The summed E-state index contributed by atoms with van der Waals surface area (Å²) >= 11 is 0. The molecule has 1 fully saturated rings. The van der Waals surface area contributed by atoms with Crippen molar-refractivity contribution < 1.29 is 9.32 Å². The summed E-state index contributed by atoms with van der Waals surface area (Å²) in [5, 5.41) is 10.9. The van der Waals surface area contributed by atoms with Crippen LogP contribution in [0.4, 0.5) is 0 Å². The minimum Gasteiger partial charge on any atom is -0.359 e. The van der Waals surface area contributed by atoms with Crippen LogP contribution in [-0.4, -0.2) is 73.1 Å². The van der Waals surface area contributed by atoms with Crippen molar-refractivity contribution in [2.75, 3.05) is 40.3 Å². The number of carbonyl (C=O) groups excluding carboxylic acids is 1. The monoisotopic (exact) mass is 548 g/mol. The van der Waals surface area contributed by atoms with E-state index in [1.165, 1.54) is 0 Å². The molecular formula is C22H41IN6O2. The van der Waals surface area contributed by atoms with Crippen LogP contribution in [0.1, 0.15) is 70.2 Å². The maximum atomic E-state index is 12.3. The largest absolute Gasteiger partial charge is 0.359 e. The maximum Gasteiger partial charge on any atom is 0.239 e. The molecule has 2 heterocycles. The van der Waals surface area contributed by atoms with Crippen LogP contribution in [0.25, 0.3) is 0 Å². The van der Waals surface area contributed by atoms with E-state index in [4.69, 9.17) is 4.52 Å². The number of amides is 1. The van der Waals surface area contributed by atoms with E-state index in [1.807, 2.05) is 20.2 Å². The Balaban J connectivity index is 0.00000480. The summed E-state index contributed by atoms with van der Waals surface area (Å²) in [6.45, 7) is 10.4. The van der Waals surface area contributed by atoms with E-state index in [1.54, 1.807) is 4.90 Å². The van der Waals surface area contributed by atoms with Gasteiger partial charge in [-0.2, -0.15) is 0 Å². The first-order valence-electron chi connectivity index (χ1n) is 11.4. The lowest BCUT2D eigenvalue weighted by Crippen LogP contribution is -2.44. The fraction of sp³-hybridized carbons (Fsp3) is 0.773. The molecule has 1 unspecified atom stereocenters. The number of nitrogens with one attached hydrogen (secondary N) is 2. The van der Waals surface area contributed by atoms with Gasteiger partial charge in [0.2, 0.25) is 5.91 Å². The van der Waals surface area contributed by atoms with Gasteiger partial charge in [0.1, 0.15) is 6.54 Å². The first-order valence-corrected chi connectivity index (χ1v) is 11.4. The summed E-state index contributed by atoms with van der Waals surface area (Å²) < 4.78 is 5.47. The molecule has 1 aromatic heterocycles. The van der Waals surface area contributed by atoms with Crippen LogP contribution < -0.4 is 10.6 Å². The molecule has 1 amide bonds. The number of likely N-dealkylation sites (N-methyl/N-ethyl adjacent to an activating group) is 1. The van der Waals surface area contributed by atoms with Crippen molar-refractivity contribution in [1.29, 1.82) is 0 Å². The number of hydrogen-bond acceptors (Lipinski definition) is 5. The van der Waals surface area contributed by atoms with Crippen molar-refractivity contribution >= 4 is 35.8 Å². The lowest BCUT2D eigenvalue weighted by Gasteiger charge is -2.26. The zero-order valence-corrected chi connectivity index (χ0v) is 22.1. The van der Waals surface area contributed by atoms with Gasteiger partial charge >= 0.3 is 0 Å². The summed E-state index contributed by atoms with van der Waals surface area (Å²) in [7, 11) is 3.67. The van der Waals surface area contributed by atoms with E-state index in [0.29, 0.717) is 12.5 Å². The summed E-state index contributed by atoms with van der Waals surface area (Å²) in [5.74, 6) is 2.23. The Kier molecular flexibility index (Phi) is 13.1. The molecule has 2 rings (SSSR count). The van der Waals surface area contributed by atoms with Gasteiger partial charge in [-0.3, -0.25) is 9.69 Å². The third-order valence-corrected chi connectivity index (χ3v) is 5.72. The Labute approximate surface area is 204 Å². The van der Waals surface area contributed by atoms with Gasteiger partial charge in [-0.05, 0) is 45.6 Å². The highest BCUT2D eigenvalue weighted by atomic mass is 127. The summed E-state index contributed by atoms with van der Waals surface area (Å²) in [6.07, 6.45) is 5.15. The molecule has 1 atom stereocenters. The third kappa shape index (κ3) is 8.59. The number of aromatic nitrogens is 1. The molecule has 1 aromatic rings. The molecule has 178 valence electrons. The van der Waals surface area contributed by atoms with Crippen LogP contribution in [-0.2, 0) is 11.3 Å². The second-order valence-electron chi connectivity index (χ2n) is 8.13. The number of aliphatic imine (C=N–C) groups is 1. The number of guanidine groups is 1. The third-order valence-electron chi connectivity index (χ3n) is 5.72. The number of rotatable bonds is 11. The Hall–Kier alpha value is -1.36. The van der Waals surface area contributed by atoms with Gasteiger partial charge in [-0.25, -0.2) is 4.99 Å². The fourth-order valence-electron chi connectivity index (χ4n) is 3.96. The molecule has 0 aromatic carbocycles. The minimum atomic E-state index is 0. The molecule has 2 N–H and O–H groups in total. The normalized spacial score (nSPS) is 17.0. The quantitative estimate of drug-likeness (QED) is 0.191. The SMILES string of the molecule is CCNC(=NCc1cc(C(CC)CC)no1)NCCCN1CCCC1C(=O)N(C)C.I. The van der Waals surface area contributed by atoms with Gasteiger partial charge in [0, 0.05) is 45.7 Å². The van der Waals surface area contributed by atoms with Crippen molar-refractivity contribution in [3.63, 3.8) is 0 Å². The van der Waals surface area contributed by atoms with E-state index in [2.05, 4.69) is 46.5 Å². The summed E-state index contributed by atoms with van der Waals surface area (Å²) in [6, 6.07) is 2.07. The highest BCUT2D eigenvalue weighted by Crippen LogP contribution is 2.22. The van der Waals surface area contributed by atoms with Gasteiger partial charge in [-0.15, -0.1) is 24.0 Å². The van der Waals surface area contributed by atoms with Crippen molar-refractivity contribution in [3.8, 4) is 0 Å². The van der Waals surface area contributed by atoms with Crippen LogP contribution in [0.2, 0.25) is 0 Å². The summed E-state index contributed by atoms with van der Waals surface area (Å²) in [4.78, 5) is 21.0. The van der Waals surface area contributed by atoms with E-state index >= 15 is 0 Å². The van der Waals surface area contributed by atoms with Crippen molar-refractivity contribution in [3.05, 3.63) is 17.5 Å². The van der Waals surface area contributed by atoms with Gasteiger partial charge < -0.3 is 20.1 Å². The highest BCUT2D eigenvalue weighted by Gasteiger charge is 2.30. The predicted octanol–water partition coefficient (Wildman–Crippen LogP) is 3.19. The smallest absolute Gasteiger partial charge is 0.239 e. The Bertz CT molecular complexity index is 675. The molecule has 8 nitrogen and oxygen atoms in total. The highest BCUT2D eigenvalue weighted by molar-refractivity contribution is 14.0. The first-order chi connectivity index (χ1) is 14.5. The molecule has 0 aliphatic carbocycles. The second-order valence-corrected chi connectivity index (χ2v) is 8.13. The van der Waals surface area contributed by atoms with Crippen LogP contribution in [0.3, 0.4) is 0 Å². The van der Waals surface area contributed by atoms with Crippen LogP contribution in [0.5, 0.6) is 0 Å². The average molecular weight is 549 g/mol. The van der Waals surface area contributed by atoms with Crippen molar-refractivity contribution in [1.82, 2.24) is 25.6 Å². The zero-order chi connectivity index (χ0) is 21.9. The van der Waals surface area contributed by atoms with Gasteiger partial charge in [0.15, 0.2) is 11.7 Å². The molecule has 0 bridgehead atoms. The lowest BCUT2D eigenvalue weighted by atomic mass is 9.99. The molecular weight excluding hydrogens is 507 g/mol. The Morgan fingerprint density at radius 2 is 2.06 bits per heavy atom. The fourth-order valence-corrected chi connectivity index (χ4v) is 3.96. The van der Waals surface area contributed by atoms with Gasteiger partial charge in [0.05, 0.1) is 11.7 Å². The van der Waals surface area contributed by atoms with Crippen molar-refractivity contribution in [2.24, 2.45) is 4.99 Å². The molecule has 0 spiro atoms. The van der Waals surface area contributed by atoms with E-state index in [-0.39, 0.29) is 35.9 Å². The zero-order valence-electron chi connectivity index (χ0n) is 19.8. The van der Waals surface area contributed by atoms with Gasteiger partial charge in [-0.1, -0.05) is 19.0 Å². The maximum absolute atomic E-state index is 12.3. The standard InChI is InChI=1S/C22H40N6O2.HI/c1-6-17(7-2)19-15-18(30-26-19)16-25-22(23-8-3)24-12-10-14-28-13-9-11-20(28)21(29)27(4)5;/h15,17,20H,6-14,16H2,1-5H3,(H2,23,24,25);1H. The predicted molar refractivity (Wildman–Crippen MR) is 136 cm³/mol. The number of halogens is 1. The molecule has 0 saturated carbocycles. The number of hydrogen-bond donors (Lipinski definition) is 2.